The molecule has 0 aliphatic carbocycles. The van der Waals surface area contributed by atoms with Crippen LogP contribution in [-0.2, 0) is 19.0 Å². The summed E-state index contributed by atoms with van der Waals surface area (Å²) >= 11 is 0. The zero-order chi connectivity index (χ0) is 27.2. The number of halogens is 1. The molecule has 208 valence electrons. The second-order valence-electron chi connectivity index (χ2n) is 9.95. The summed E-state index contributed by atoms with van der Waals surface area (Å²) in [5, 5.41) is 5.96. The highest BCUT2D eigenvalue weighted by atomic mass is 19.1. The quantitative estimate of drug-likeness (QED) is 0.352. The smallest absolute Gasteiger partial charge is 0.230 e. The summed E-state index contributed by atoms with van der Waals surface area (Å²) in [4.78, 5) is 31.8. The Labute approximate surface area is 226 Å². The van der Waals surface area contributed by atoms with Crippen LogP contribution in [0.5, 0.6) is 0 Å². The zero-order valence-corrected chi connectivity index (χ0v) is 22.2. The van der Waals surface area contributed by atoms with Gasteiger partial charge >= 0.3 is 0 Å². The van der Waals surface area contributed by atoms with E-state index in [-0.39, 0.29) is 24.9 Å². The van der Waals surface area contributed by atoms with E-state index in [9.17, 15) is 9.18 Å². The second-order valence-corrected chi connectivity index (χ2v) is 9.95. The normalized spacial score (nSPS) is 22.0. The van der Waals surface area contributed by atoms with E-state index < -0.39 is 11.7 Å². The van der Waals surface area contributed by atoms with E-state index in [1.807, 2.05) is 0 Å². The summed E-state index contributed by atoms with van der Waals surface area (Å²) in [6.07, 6.45) is 1.84. The number of carbonyl (C=O) groups is 1. The Morgan fingerprint density at radius 3 is 2.62 bits per heavy atom. The lowest BCUT2D eigenvalue weighted by atomic mass is 9.91. The molecule has 1 aromatic carbocycles. The number of imidazole rings is 1. The highest BCUT2D eigenvalue weighted by molar-refractivity contribution is 5.82. The summed E-state index contributed by atoms with van der Waals surface area (Å²) in [6, 6.07) is 7.88. The van der Waals surface area contributed by atoms with Gasteiger partial charge < -0.3 is 29.8 Å². The fourth-order valence-corrected chi connectivity index (χ4v) is 4.62. The van der Waals surface area contributed by atoms with Gasteiger partial charge in [-0.25, -0.2) is 19.3 Å². The molecule has 2 saturated heterocycles. The molecule has 4 heterocycles. The van der Waals surface area contributed by atoms with Crippen LogP contribution in [0.4, 0.5) is 10.3 Å². The van der Waals surface area contributed by atoms with Crippen molar-refractivity contribution in [2.75, 3.05) is 65.0 Å². The molecule has 1 amide bonds. The van der Waals surface area contributed by atoms with E-state index in [1.54, 1.807) is 38.4 Å². The van der Waals surface area contributed by atoms with Crippen LogP contribution in [0.3, 0.4) is 0 Å². The monoisotopic (exact) mass is 539 g/mol. The van der Waals surface area contributed by atoms with Gasteiger partial charge in [-0.2, -0.15) is 0 Å². The van der Waals surface area contributed by atoms with Gasteiger partial charge in [0.15, 0.2) is 5.82 Å². The number of aromatic nitrogens is 4. The van der Waals surface area contributed by atoms with Gasteiger partial charge in [-0.1, -0.05) is 0 Å². The van der Waals surface area contributed by atoms with Crippen molar-refractivity contribution in [3.63, 3.8) is 0 Å². The molecule has 3 N–H and O–H groups in total. The van der Waals surface area contributed by atoms with Crippen molar-refractivity contribution in [2.45, 2.75) is 19.6 Å². The first kappa shape index (κ1) is 27.1. The number of rotatable bonds is 9. The Morgan fingerprint density at radius 1 is 1.15 bits per heavy atom. The summed E-state index contributed by atoms with van der Waals surface area (Å²) in [6.45, 7) is 7.33. The van der Waals surface area contributed by atoms with Crippen LogP contribution >= 0.6 is 0 Å². The lowest BCUT2D eigenvalue weighted by Gasteiger charge is -2.34. The number of hydrogen-bond donors (Lipinski definition) is 3. The lowest BCUT2D eigenvalue weighted by molar-refractivity contribution is -0.230. The van der Waals surface area contributed by atoms with Gasteiger partial charge in [-0.3, -0.25) is 9.69 Å². The van der Waals surface area contributed by atoms with Gasteiger partial charge in [0.2, 0.25) is 18.1 Å². The number of benzene rings is 1. The van der Waals surface area contributed by atoms with Gasteiger partial charge in [0.05, 0.1) is 48.9 Å². The molecular weight excluding hydrogens is 505 g/mol. The maximum absolute atomic E-state index is 13.7. The molecule has 2 aromatic heterocycles. The van der Waals surface area contributed by atoms with E-state index in [0.29, 0.717) is 34.4 Å². The maximum atomic E-state index is 13.7. The number of amides is 1. The van der Waals surface area contributed by atoms with Crippen LogP contribution < -0.4 is 10.6 Å². The molecule has 0 radical (unpaired) electrons. The molecular formula is C27H34FN7O4. The highest BCUT2D eigenvalue weighted by Gasteiger charge is 2.40. The number of aromatic amines is 1. The third-order valence-electron chi connectivity index (χ3n) is 6.89. The number of carbonyl (C=O) groups excluding carboxylic acids is 1. The Kier molecular flexibility index (Phi) is 8.46. The first-order chi connectivity index (χ1) is 18.9. The molecule has 2 aliphatic rings. The average Bonchev–Trinajstić information content (AvgIpc) is 3.42. The van der Waals surface area contributed by atoms with Crippen molar-refractivity contribution in [3.8, 4) is 22.6 Å². The number of anilines is 1. The second kappa shape index (κ2) is 12.2. The summed E-state index contributed by atoms with van der Waals surface area (Å²) in [5.41, 5.74) is 1.73. The SMILES string of the molecule is CNC(=O)C1(C)COC(c2nc(-c3ccc(F)cc3)c(-c3ccnc(NCCCN4CCOCC4)n3)[nH]2)OC1. The van der Waals surface area contributed by atoms with E-state index >= 15 is 0 Å². The highest BCUT2D eigenvalue weighted by Crippen LogP contribution is 2.35. The van der Waals surface area contributed by atoms with Crippen LogP contribution in [0, 0.1) is 11.2 Å². The van der Waals surface area contributed by atoms with Crippen LogP contribution in [0.2, 0.25) is 0 Å². The first-order valence-electron chi connectivity index (χ1n) is 13.1. The van der Waals surface area contributed by atoms with Crippen molar-refractivity contribution in [1.82, 2.24) is 30.2 Å². The fraction of sp³-hybridized carbons (Fsp3) is 0.481. The molecule has 0 atom stereocenters. The van der Waals surface area contributed by atoms with Crippen molar-refractivity contribution >= 4 is 11.9 Å². The third-order valence-corrected chi connectivity index (χ3v) is 6.89. The van der Waals surface area contributed by atoms with E-state index in [4.69, 9.17) is 24.2 Å². The van der Waals surface area contributed by atoms with Gasteiger partial charge in [-0.05, 0) is 50.2 Å². The van der Waals surface area contributed by atoms with E-state index in [1.165, 1.54) is 12.1 Å². The van der Waals surface area contributed by atoms with Crippen LogP contribution in [0.25, 0.3) is 22.6 Å². The van der Waals surface area contributed by atoms with Gasteiger partial charge in [0.25, 0.3) is 0 Å². The Balaban J connectivity index is 1.34. The Hall–Kier alpha value is -3.45. The molecule has 2 aliphatic heterocycles. The molecule has 0 unspecified atom stereocenters. The van der Waals surface area contributed by atoms with Crippen LogP contribution in [0.1, 0.15) is 25.5 Å². The number of hydrogen-bond acceptors (Lipinski definition) is 9. The number of nitrogens with one attached hydrogen (secondary N) is 3. The molecule has 12 heteroatoms. The average molecular weight is 540 g/mol. The minimum Gasteiger partial charge on any atom is -0.379 e. The van der Waals surface area contributed by atoms with Gasteiger partial charge in [-0.15, -0.1) is 0 Å². The molecule has 0 bridgehead atoms. The molecule has 11 nitrogen and oxygen atoms in total. The molecule has 2 fully saturated rings. The predicted octanol–water partition coefficient (Wildman–Crippen LogP) is 2.60. The van der Waals surface area contributed by atoms with E-state index in [0.717, 1.165) is 45.8 Å². The molecule has 39 heavy (non-hydrogen) atoms. The number of H-pyrrole nitrogens is 1. The zero-order valence-electron chi connectivity index (χ0n) is 22.2. The topological polar surface area (TPSA) is 127 Å². The molecule has 0 spiro atoms. The number of nitrogens with zero attached hydrogens (tertiary/aromatic N) is 4. The van der Waals surface area contributed by atoms with Crippen molar-refractivity contribution < 1.29 is 23.4 Å². The largest absolute Gasteiger partial charge is 0.379 e. The minimum atomic E-state index is -0.796. The van der Waals surface area contributed by atoms with Gasteiger partial charge in [0.1, 0.15) is 5.82 Å². The Bertz CT molecular complexity index is 1260. The maximum Gasteiger partial charge on any atom is 0.230 e. The Morgan fingerprint density at radius 2 is 1.90 bits per heavy atom. The van der Waals surface area contributed by atoms with Crippen LogP contribution in [0.15, 0.2) is 36.5 Å². The summed E-state index contributed by atoms with van der Waals surface area (Å²) in [5.74, 6) is 0.442. The number of ether oxygens (including phenoxy) is 3. The number of morpholine rings is 1. The van der Waals surface area contributed by atoms with Gasteiger partial charge in [0, 0.05) is 38.4 Å². The van der Waals surface area contributed by atoms with E-state index in [2.05, 4.69) is 25.5 Å². The molecule has 3 aromatic rings. The lowest BCUT2D eigenvalue weighted by Crippen LogP contribution is -2.47. The van der Waals surface area contributed by atoms with Crippen molar-refractivity contribution in [2.24, 2.45) is 5.41 Å². The predicted molar refractivity (Wildman–Crippen MR) is 142 cm³/mol. The third kappa shape index (κ3) is 6.41. The van der Waals surface area contributed by atoms with Crippen LogP contribution in [-0.4, -0.2) is 90.4 Å². The van der Waals surface area contributed by atoms with Crippen molar-refractivity contribution in [1.29, 1.82) is 0 Å². The van der Waals surface area contributed by atoms with Crippen molar-refractivity contribution in [3.05, 3.63) is 48.2 Å². The minimum absolute atomic E-state index is 0.154. The summed E-state index contributed by atoms with van der Waals surface area (Å²) in [7, 11) is 1.59. The molecule has 0 saturated carbocycles. The standard InChI is InChI=1S/C27H34FN7O4/c1-27(25(36)29-2)16-38-24(39-17-27)23-33-21(18-4-6-19(28)7-5-18)22(34-23)20-8-10-31-26(32-20)30-9-3-11-35-12-14-37-15-13-35/h4-8,10,24H,3,9,11-17H2,1-2H3,(H,29,36)(H,33,34)(H,30,31,32). The fourth-order valence-electron chi connectivity index (χ4n) is 4.62. The summed E-state index contributed by atoms with van der Waals surface area (Å²) < 4.78 is 30.9. The first-order valence-corrected chi connectivity index (χ1v) is 13.1. The molecule has 5 rings (SSSR count).